The lowest BCUT2D eigenvalue weighted by molar-refractivity contribution is 0.00689. The van der Waals surface area contributed by atoms with Crippen LogP contribution in [0.15, 0.2) is 16.7 Å². The summed E-state index contributed by atoms with van der Waals surface area (Å²) in [4.78, 5) is 15.8. The monoisotopic (exact) mass is 301 g/mol. The number of hydrogen-bond acceptors (Lipinski definition) is 4. The SMILES string of the molecule is CCOc1ncc(C(=O)OC(C)(C)C)cc1Br. The van der Waals surface area contributed by atoms with Gasteiger partial charge in [0.25, 0.3) is 0 Å². The molecule has 1 rings (SSSR count). The first-order chi connectivity index (χ1) is 7.83. The molecule has 0 bridgehead atoms. The fourth-order valence-electron chi connectivity index (χ4n) is 1.12. The minimum Gasteiger partial charge on any atom is -0.477 e. The van der Waals surface area contributed by atoms with Gasteiger partial charge in [0.15, 0.2) is 0 Å². The molecule has 94 valence electrons. The van der Waals surface area contributed by atoms with E-state index in [9.17, 15) is 4.79 Å². The molecule has 0 fully saturated rings. The van der Waals surface area contributed by atoms with Gasteiger partial charge in [0.2, 0.25) is 5.88 Å². The summed E-state index contributed by atoms with van der Waals surface area (Å²) in [7, 11) is 0. The van der Waals surface area contributed by atoms with Gasteiger partial charge in [0.1, 0.15) is 5.60 Å². The molecule has 0 saturated heterocycles. The highest BCUT2D eigenvalue weighted by Crippen LogP contribution is 2.24. The van der Waals surface area contributed by atoms with E-state index in [4.69, 9.17) is 9.47 Å². The first kappa shape index (κ1) is 14.0. The summed E-state index contributed by atoms with van der Waals surface area (Å²) in [5.41, 5.74) is -0.113. The molecule has 0 aliphatic carbocycles. The van der Waals surface area contributed by atoms with Crippen LogP contribution < -0.4 is 4.74 Å². The number of pyridine rings is 1. The number of esters is 1. The molecule has 0 amide bonds. The largest absolute Gasteiger partial charge is 0.477 e. The molecule has 0 N–H and O–H groups in total. The average molecular weight is 302 g/mol. The van der Waals surface area contributed by atoms with Crippen molar-refractivity contribution in [3.05, 3.63) is 22.3 Å². The molecule has 0 atom stereocenters. The van der Waals surface area contributed by atoms with Crippen LogP contribution in [0.25, 0.3) is 0 Å². The van der Waals surface area contributed by atoms with E-state index in [1.54, 1.807) is 6.07 Å². The molecule has 0 unspecified atom stereocenters. The number of carbonyl (C=O) groups is 1. The molecule has 0 radical (unpaired) electrons. The van der Waals surface area contributed by atoms with Crippen LogP contribution in [-0.4, -0.2) is 23.2 Å². The number of carbonyl (C=O) groups excluding carboxylic acids is 1. The van der Waals surface area contributed by atoms with Gasteiger partial charge in [-0.2, -0.15) is 0 Å². The Morgan fingerprint density at radius 3 is 2.59 bits per heavy atom. The summed E-state index contributed by atoms with van der Waals surface area (Å²) in [6, 6.07) is 1.64. The van der Waals surface area contributed by atoms with Crippen LogP contribution in [-0.2, 0) is 4.74 Å². The molecule has 0 aromatic carbocycles. The van der Waals surface area contributed by atoms with Gasteiger partial charge < -0.3 is 9.47 Å². The van der Waals surface area contributed by atoms with Gasteiger partial charge in [-0.25, -0.2) is 9.78 Å². The highest BCUT2D eigenvalue weighted by Gasteiger charge is 2.19. The third-order valence-corrected chi connectivity index (χ3v) is 2.29. The average Bonchev–Trinajstić information content (AvgIpc) is 2.18. The summed E-state index contributed by atoms with van der Waals surface area (Å²) in [5.74, 6) is 0.0774. The minimum atomic E-state index is -0.512. The van der Waals surface area contributed by atoms with Crippen molar-refractivity contribution in [3.8, 4) is 5.88 Å². The zero-order chi connectivity index (χ0) is 13.1. The Morgan fingerprint density at radius 2 is 2.12 bits per heavy atom. The molecule has 17 heavy (non-hydrogen) atoms. The van der Waals surface area contributed by atoms with Gasteiger partial charge >= 0.3 is 5.97 Å². The quantitative estimate of drug-likeness (QED) is 0.805. The molecule has 0 aliphatic rings. The van der Waals surface area contributed by atoms with Gasteiger partial charge in [-0.05, 0) is 49.7 Å². The second-order valence-electron chi connectivity index (χ2n) is 4.45. The van der Waals surface area contributed by atoms with E-state index < -0.39 is 11.6 Å². The maximum Gasteiger partial charge on any atom is 0.340 e. The minimum absolute atomic E-state index is 0.395. The van der Waals surface area contributed by atoms with E-state index >= 15 is 0 Å². The normalized spacial score (nSPS) is 11.1. The second kappa shape index (κ2) is 5.49. The summed E-state index contributed by atoms with van der Waals surface area (Å²) in [6.45, 7) is 7.86. The van der Waals surface area contributed by atoms with E-state index in [0.29, 0.717) is 22.5 Å². The van der Waals surface area contributed by atoms with Gasteiger partial charge in [-0.1, -0.05) is 0 Å². The van der Waals surface area contributed by atoms with Gasteiger partial charge in [0.05, 0.1) is 16.6 Å². The Labute approximate surface area is 109 Å². The van der Waals surface area contributed by atoms with E-state index in [1.807, 2.05) is 27.7 Å². The van der Waals surface area contributed by atoms with Crippen molar-refractivity contribution in [2.75, 3.05) is 6.61 Å². The summed E-state index contributed by atoms with van der Waals surface area (Å²) in [5, 5.41) is 0. The third-order valence-electron chi connectivity index (χ3n) is 1.72. The molecule has 0 saturated carbocycles. The molecule has 1 aromatic rings. The Balaban J connectivity index is 2.86. The number of hydrogen-bond donors (Lipinski definition) is 0. The van der Waals surface area contributed by atoms with E-state index in [2.05, 4.69) is 20.9 Å². The lowest BCUT2D eigenvalue weighted by Crippen LogP contribution is -2.24. The van der Waals surface area contributed by atoms with E-state index in [1.165, 1.54) is 6.20 Å². The fourth-order valence-corrected chi connectivity index (χ4v) is 1.58. The van der Waals surface area contributed by atoms with Crippen LogP contribution in [0.3, 0.4) is 0 Å². The predicted octanol–water partition coefficient (Wildman–Crippen LogP) is 3.20. The summed E-state index contributed by atoms with van der Waals surface area (Å²) < 4.78 is 11.1. The highest BCUT2D eigenvalue weighted by atomic mass is 79.9. The van der Waals surface area contributed by atoms with Crippen LogP contribution >= 0.6 is 15.9 Å². The van der Waals surface area contributed by atoms with Crippen molar-refractivity contribution >= 4 is 21.9 Å². The topological polar surface area (TPSA) is 48.4 Å². The predicted molar refractivity (Wildman–Crippen MR) is 68.3 cm³/mol. The maximum absolute atomic E-state index is 11.8. The third kappa shape index (κ3) is 4.34. The second-order valence-corrected chi connectivity index (χ2v) is 5.30. The van der Waals surface area contributed by atoms with Crippen molar-refractivity contribution in [1.82, 2.24) is 4.98 Å². The Bertz CT molecular complexity index is 413. The number of nitrogens with zero attached hydrogens (tertiary/aromatic N) is 1. The lowest BCUT2D eigenvalue weighted by atomic mass is 10.2. The number of ether oxygens (including phenoxy) is 2. The van der Waals surface area contributed by atoms with Crippen LogP contribution in [0.1, 0.15) is 38.1 Å². The summed E-state index contributed by atoms with van der Waals surface area (Å²) >= 11 is 3.30. The molecule has 1 aromatic heterocycles. The van der Waals surface area contributed by atoms with Crippen molar-refractivity contribution in [2.45, 2.75) is 33.3 Å². The molecule has 0 aliphatic heterocycles. The first-order valence-electron chi connectivity index (χ1n) is 5.35. The van der Waals surface area contributed by atoms with Gasteiger partial charge in [-0.15, -0.1) is 0 Å². The van der Waals surface area contributed by atoms with Crippen LogP contribution in [0.5, 0.6) is 5.88 Å². The first-order valence-corrected chi connectivity index (χ1v) is 6.14. The number of halogens is 1. The van der Waals surface area contributed by atoms with Crippen molar-refractivity contribution in [2.24, 2.45) is 0 Å². The summed E-state index contributed by atoms with van der Waals surface area (Å²) in [6.07, 6.45) is 1.45. The molecule has 4 nitrogen and oxygen atoms in total. The van der Waals surface area contributed by atoms with Crippen molar-refractivity contribution in [3.63, 3.8) is 0 Å². The molecule has 0 spiro atoms. The Morgan fingerprint density at radius 1 is 1.47 bits per heavy atom. The number of aromatic nitrogens is 1. The standard InChI is InChI=1S/C12H16BrNO3/c1-5-16-10-9(13)6-8(7-14-10)11(15)17-12(2,3)4/h6-7H,5H2,1-4H3. The van der Waals surface area contributed by atoms with Crippen LogP contribution in [0.4, 0.5) is 0 Å². The van der Waals surface area contributed by atoms with Gasteiger partial charge in [-0.3, -0.25) is 0 Å². The van der Waals surface area contributed by atoms with Gasteiger partial charge in [0, 0.05) is 6.20 Å². The molecule has 1 heterocycles. The van der Waals surface area contributed by atoms with E-state index in [-0.39, 0.29) is 0 Å². The van der Waals surface area contributed by atoms with Crippen LogP contribution in [0, 0.1) is 0 Å². The van der Waals surface area contributed by atoms with Crippen LogP contribution in [0.2, 0.25) is 0 Å². The van der Waals surface area contributed by atoms with Crippen molar-refractivity contribution < 1.29 is 14.3 Å². The highest BCUT2D eigenvalue weighted by molar-refractivity contribution is 9.10. The zero-order valence-corrected chi connectivity index (χ0v) is 12.0. The maximum atomic E-state index is 11.8. The smallest absolute Gasteiger partial charge is 0.340 e. The Kier molecular flexibility index (Phi) is 4.51. The molecular formula is C12H16BrNO3. The molecular weight excluding hydrogens is 286 g/mol. The Hall–Kier alpha value is -1.10. The zero-order valence-electron chi connectivity index (χ0n) is 10.4. The lowest BCUT2D eigenvalue weighted by Gasteiger charge is -2.19. The fraction of sp³-hybridized carbons (Fsp3) is 0.500. The van der Waals surface area contributed by atoms with E-state index in [0.717, 1.165) is 0 Å². The number of rotatable bonds is 3. The van der Waals surface area contributed by atoms with Crippen molar-refractivity contribution in [1.29, 1.82) is 0 Å². The molecule has 5 heteroatoms.